The predicted octanol–water partition coefficient (Wildman–Crippen LogP) is 0.325. The lowest BCUT2D eigenvalue weighted by molar-refractivity contribution is -0.127. The van der Waals surface area contributed by atoms with Crippen LogP contribution in [0, 0.1) is 5.92 Å². The van der Waals surface area contributed by atoms with Crippen molar-refractivity contribution in [3.63, 3.8) is 0 Å². The molecule has 104 valence electrons. The maximum Gasteiger partial charge on any atom is 0.224 e. The van der Waals surface area contributed by atoms with Gasteiger partial charge in [-0.2, -0.15) is 0 Å². The summed E-state index contributed by atoms with van der Waals surface area (Å²) < 4.78 is 28.0. The predicted molar refractivity (Wildman–Crippen MR) is 68.4 cm³/mol. The number of sulfone groups is 1. The molecule has 0 spiro atoms. The maximum absolute atomic E-state index is 12.1. The fraction of sp³-hybridized carbons (Fsp3) is 0.909. The van der Waals surface area contributed by atoms with Crippen LogP contribution in [0.3, 0.4) is 0 Å². The van der Waals surface area contributed by atoms with E-state index in [0.29, 0.717) is 38.4 Å². The first-order valence-corrected chi connectivity index (χ1v) is 8.48. The van der Waals surface area contributed by atoms with Gasteiger partial charge in [-0.05, 0) is 19.3 Å². The molecule has 2 fully saturated rings. The van der Waals surface area contributed by atoms with Crippen LogP contribution in [-0.2, 0) is 19.4 Å². The SMILES string of the molecule is O=C(NC1(CCl)CCOCC1)C1CCS(=O)(=O)C1. The van der Waals surface area contributed by atoms with Crippen molar-refractivity contribution in [1.82, 2.24) is 5.32 Å². The third kappa shape index (κ3) is 3.16. The van der Waals surface area contributed by atoms with Crippen LogP contribution < -0.4 is 5.32 Å². The van der Waals surface area contributed by atoms with Gasteiger partial charge in [0.05, 0.1) is 23.0 Å². The number of hydrogen-bond acceptors (Lipinski definition) is 4. The van der Waals surface area contributed by atoms with Crippen molar-refractivity contribution in [2.45, 2.75) is 24.8 Å². The molecule has 0 aromatic carbocycles. The summed E-state index contributed by atoms with van der Waals surface area (Å²) in [6.07, 6.45) is 1.78. The molecule has 2 rings (SSSR count). The molecule has 18 heavy (non-hydrogen) atoms. The minimum Gasteiger partial charge on any atom is -0.381 e. The molecule has 0 aliphatic carbocycles. The van der Waals surface area contributed by atoms with E-state index in [4.69, 9.17) is 16.3 Å². The number of hydrogen-bond donors (Lipinski definition) is 1. The zero-order chi connectivity index (χ0) is 13.2. The monoisotopic (exact) mass is 295 g/mol. The Hall–Kier alpha value is -0.330. The van der Waals surface area contributed by atoms with Gasteiger partial charge in [0.25, 0.3) is 0 Å². The van der Waals surface area contributed by atoms with Gasteiger partial charge < -0.3 is 10.1 Å². The number of carbonyl (C=O) groups excluding carboxylic acids is 1. The van der Waals surface area contributed by atoms with E-state index in [1.807, 2.05) is 0 Å². The van der Waals surface area contributed by atoms with Gasteiger partial charge in [0.15, 0.2) is 9.84 Å². The molecule has 1 N–H and O–H groups in total. The van der Waals surface area contributed by atoms with Crippen LogP contribution in [0.5, 0.6) is 0 Å². The minimum atomic E-state index is -3.03. The zero-order valence-corrected chi connectivity index (χ0v) is 11.7. The molecule has 1 unspecified atom stereocenters. The summed E-state index contributed by atoms with van der Waals surface area (Å²) in [6.45, 7) is 1.16. The van der Waals surface area contributed by atoms with Gasteiger partial charge in [0, 0.05) is 19.1 Å². The largest absolute Gasteiger partial charge is 0.381 e. The first-order valence-electron chi connectivity index (χ1n) is 6.13. The summed E-state index contributed by atoms with van der Waals surface area (Å²) in [5.74, 6) is -0.186. The third-order valence-electron chi connectivity index (χ3n) is 3.70. The molecule has 0 bridgehead atoms. The second-order valence-electron chi connectivity index (χ2n) is 5.12. The van der Waals surface area contributed by atoms with Gasteiger partial charge >= 0.3 is 0 Å². The van der Waals surface area contributed by atoms with Crippen LogP contribution in [0.1, 0.15) is 19.3 Å². The van der Waals surface area contributed by atoms with Crippen LogP contribution in [0.4, 0.5) is 0 Å². The minimum absolute atomic E-state index is 0.0340. The van der Waals surface area contributed by atoms with E-state index in [9.17, 15) is 13.2 Å². The van der Waals surface area contributed by atoms with Gasteiger partial charge in [-0.3, -0.25) is 4.79 Å². The Labute approximate surface area is 112 Å². The molecule has 0 saturated carbocycles. The molecule has 2 saturated heterocycles. The van der Waals surface area contributed by atoms with Crippen molar-refractivity contribution in [1.29, 1.82) is 0 Å². The Morgan fingerprint density at radius 3 is 2.56 bits per heavy atom. The van der Waals surface area contributed by atoms with E-state index in [0.717, 1.165) is 0 Å². The summed E-state index contributed by atoms with van der Waals surface area (Å²) in [5, 5.41) is 2.95. The number of rotatable bonds is 3. The lowest BCUT2D eigenvalue weighted by Gasteiger charge is -2.37. The molecule has 0 aromatic heterocycles. The second-order valence-corrected chi connectivity index (χ2v) is 7.61. The molecule has 5 nitrogen and oxygen atoms in total. The second kappa shape index (κ2) is 5.35. The lowest BCUT2D eigenvalue weighted by atomic mass is 9.91. The van der Waals surface area contributed by atoms with Gasteiger partial charge in [-0.25, -0.2) is 8.42 Å². The number of carbonyl (C=O) groups is 1. The summed E-state index contributed by atoms with van der Waals surface area (Å²) in [7, 11) is -3.03. The highest BCUT2D eigenvalue weighted by molar-refractivity contribution is 7.91. The third-order valence-corrected chi connectivity index (χ3v) is 5.98. The molecule has 0 aromatic rings. The Morgan fingerprint density at radius 2 is 2.06 bits per heavy atom. The normalized spacial score (nSPS) is 29.9. The molecule has 2 aliphatic rings. The summed E-state index contributed by atoms with van der Waals surface area (Å²) in [6, 6.07) is 0. The summed E-state index contributed by atoms with van der Waals surface area (Å²) >= 11 is 5.96. The molecular weight excluding hydrogens is 278 g/mol. The zero-order valence-electron chi connectivity index (χ0n) is 10.2. The highest BCUT2D eigenvalue weighted by Gasteiger charge is 2.38. The van der Waals surface area contributed by atoms with E-state index in [-0.39, 0.29) is 17.4 Å². The molecule has 2 aliphatic heterocycles. The Morgan fingerprint density at radius 1 is 1.39 bits per heavy atom. The Balaban J connectivity index is 1.98. The smallest absolute Gasteiger partial charge is 0.224 e. The number of amides is 1. The molecule has 1 amide bonds. The van der Waals surface area contributed by atoms with Crippen LogP contribution in [0.15, 0.2) is 0 Å². The Bertz CT molecular complexity index is 417. The van der Waals surface area contributed by atoms with E-state index >= 15 is 0 Å². The van der Waals surface area contributed by atoms with E-state index in [1.54, 1.807) is 0 Å². The van der Waals surface area contributed by atoms with Gasteiger partial charge in [-0.15, -0.1) is 11.6 Å². The number of alkyl halides is 1. The fourth-order valence-corrected chi connectivity index (χ4v) is 4.49. The molecule has 0 radical (unpaired) electrons. The fourth-order valence-electron chi connectivity index (χ4n) is 2.42. The Kier molecular flexibility index (Phi) is 4.18. The lowest BCUT2D eigenvalue weighted by Crippen LogP contribution is -2.55. The highest BCUT2D eigenvalue weighted by Crippen LogP contribution is 2.25. The average molecular weight is 296 g/mol. The highest BCUT2D eigenvalue weighted by atomic mass is 35.5. The van der Waals surface area contributed by atoms with Crippen LogP contribution in [-0.4, -0.2) is 50.5 Å². The molecule has 1 atom stereocenters. The van der Waals surface area contributed by atoms with Gasteiger partial charge in [0.1, 0.15) is 0 Å². The number of ether oxygens (including phenoxy) is 1. The van der Waals surface area contributed by atoms with Crippen molar-refractivity contribution in [2.75, 3.05) is 30.6 Å². The van der Waals surface area contributed by atoms with Crippen molar-refractivity contribution in [3.05, 3.63) is 0 Å². The standard InChI is InChI=1S/C11H18ClNO4S/c12-8-11(2-4-17-5-3-11)13-10(14)9-1-6-18(15,16)7-9/h9H,1-8H2,(H,13,14). The van der Waals surface area contributed by atoms with Crippen molar-refractivity contribution in [2.24, 2.45) is 5.92 Å². The van der Waals surface area contributed by atoms with E-state index in [2.05, 4.69) is 5.32 Å². The first-order chi connectivity index (χ1) is 8.46. The summed E-state index contributed by atoms with van der Waals surface area (Å²) in [4.78, 5) is 12.1. The van der Waals surface area contributed by atoms with Crippen LogP contribution >= 0.6 is 11.6 Å². The van der Waals surface area contributed by atoms with Crippen molar-refractivity contribution < 1.29 is 17.9 Å². The first kappa shape index (κ1) is 14.1. The van der Waals surface area contributed by atoms with Crippen molar-refractivity contribution in [3.8, 4) is 0 Å². The summed E-state index contributed by atoms with van der Waals surface area (Å²) in [5.41, 5.74) is -0.427. The number of halogens is 1. The van der Waals surface area contributed by atoms with Crippen LogP contribution in [0.2, 0.25) is 0 Å². The van der Waals surface area contributed by atoms with E-state index < -0.39 is 21.3 Å². The molecular formula is C11H18ClNO4S. The van der Waals surface area contributed by atoms with E-state index in [1.165, 1.54) is 0 Å². The average Bonchev–Trinajstić information content (AvgIpc) is 2.71. The van der Waals surface area contributed by atoms with Gasteiger partial charge in [-0.1, -0.05) is 0 Å². The maximum atomic E-state index is 12.1. The molecule has 2 heterocycles. The quantitative estimate of drug-likeness (QED) is 0.762. The van der Waals surface area contributed by atoms with Crippen molar-refractivity contribution >= 4 is 27.3 Å². The van der Waals surface area contributed by atoms with Crippen LogP contribution in [0.25, 0.3) is 0 Å². The molecule has 7 heteroatoms. The number of nitrogens with one attached hydrogen (secondary N) is 1. The topological polar surface area (TPSA) is 72.5 Å². The van der Waals surface area contributed by atoms with Gasteiger partial charge in [0.2, 0.25) is 5.91 Å².